The lowest BCUT2D eigenvalue weighted by atomic mass is 9.98. The minimum absolute atomic E-state index is 0.242. The van der Waals surface area contributed by atoms with E-state index in [4.69, 9.17) is 19.3 Å². The molecule has 1 N–H and O–H groups in total. The van der Waals surface area contributed by atoms with Gasteiger partial charge >= 0.3 is 24.3 Å². The topological polar surface area (TPSA) is 157 Å². The van der Waals surface area contributed by atoms with Gasteiger partial charge in [-0.05, 0) is 130 Å². The summed E-state index contributed by atoms with van der Waals surface area (Å²) < 4.78 is 178. The number of aliphatic carboxylic acids is 1. The highest BCUT2D eigenvalue weighted by atomic mass is 32.2. The molecule has 2 atom stereocenters. The van der Waals surface area contributed by atoms with Crippen molar-refractivity contribution >= 4 is 32.0 Å². The van der Waals surface area contributed by atoms with Crippen molar-refractivity contribution in [3.63, 3.8) is 0 Å². The molecule has 6 rings (SSSR count). The van der Waals surface area contributed by atoms with Crippen molar-refractivity contribution < 1.29 is 80.9 Å². The van der Waals surface area contributed by atoms with Crippen LogP contribution in [-0.4, -0.2) is 75.4 Å². The van der Waals surface area contributed by atoms with Gasteiger partial charge in [-0.15, -0.1) is 0 Å². The Bertz CT molecular complexity index is 2710. The van der Waals surface area contributed by atoms with Crippen LogP contribution in [0.2, 0.25) is 0 Å². The summed E-state index contributed by atoms with van der Waals surface area (Å²) in [6.45, 7) is 4.29. The Kier molecular flexibility index (Phi) is 16.7. The van der Waals surface area contributed by atoms with Crippen LogP contribution >= 0.6 is 0 Å². The molecule has 0 amide bonds. The lowest BCUT2D eigenvalue weighted by molar-refractivity contribution is -0.157. The number of nitrogens with zero attached hydrogens (tertiary/aromatic N) is 2. The molecule has 68 heavy (non-hydrogen) atoms. The average molecular weight is 1010 g/mol. The predicted molar refractivity (Wildman–Crippen MR) is 231 cm³/mol. The second-order valence-electron chi connectivity index (χ2n) is 17.1. The van der Waals surface area contributed by atoms with Crippen molar-refractivity contribution in [2.45, 2.75) is 112 Å². The molecule has 4 aromatic carbocycles. The molecule has 0 spiro atoms. The van der Waals surface area contributed by atoms with E-state index in [9.17, 15) is 61.5 Å². The molecule has 2 unspecified atom stereocenters. The van der Waals surface area contributed by atoms with E-state index in [0.717, 1.165) is 8.61 Å². The van der Waals surface area contributed by atoms with Gasteiger partial charge < -0.3 is 19.3 Å². The fourth-order valence-corrected chi connectivity index (χ4v) is 10.9. The van der Waals surface area contributed by atoms with Crippen LogP contribution in [-0.2, 0) is 59.6 Å². The molecule has 0 radical (unpaired) electrons. The smallest absolute Gasteiger partial charge is 0.416 e. The molecule has 2 aliphatic rings. The molecule has 0 aromatic heterocycles. The monoisotopic (exact) mass is 1010 g/mol. The van der Waals surface area contributed by atoms with Gasteiger partial charge in [0.05, 0.1) is 33.0 Å². The molecule has 0 saturated heterocycles. The van der Waals surface area contributed by atoms with Crippen LogP contribution in [0.1, 0.15) is 105 Å². The summed E-state index contributed by atoms with van der Waals surface area (Å²) in [5.74, 6) is -3.61. The minimum atomic E-state index is -4.91. The Balaban J connectivity index is 0.000000256. The summed E-state index contributed by atoms with van der Waals surface area (Å²) >= 11 is 0. The maximum atomic E-state index is 14.0. The lowest BCUT2D eigenvalue weighted by Gasteiger charge is -2.29. The summed E-state index contributed by atoms with van der Waals surface area (Å²) in [6.07, 6.45) is -5.29. The van der Waals surface area contributed by atoms with Crippen LogP contribution in [0.5, 0.6) is 11.5 Å². The SMILES string of the molecule is CN(C1CCCCc2c(OCC(=O)O)cccc21)S(=O)(=O)c1cc(F)cc(C(F)(F)F)c1.CN(C1CCCCc2c(OCC(=O)OC(C)(C)C)cccc21)S(=O)(=O)c1cc(F)cc(C(F)(F)F)c1. The number of hydrogen-bond acceptors (Lipinski definition) is 9. The van der Waals surface area contributed by atoms with Crippen LogP contribution in [0.3, 0.4) is 0 Å². The van der Waals surface area contributed by atoms with Gasteiger partial charge in [-0.2, -0.15) is 35.0 Å². The first-order chi connectivity index (χ1) is 31.5. The fourth-order valence-electron chi connectivity index (χ4n) is 8.01. The second kappa shape index (κ2) is 21.1. The van der Waals surface area contributed by atoms with Gasteiger partial charge in [0.1, 0.15) is 28.7 Å². The highest BCUT2D eigenvalue weighted by molar-refractivity contribution is 7.89. The number of carboxylic acid groups (broad SMARTS) is 1. The predicted octanol–water partition coefficient (Wildman–Crippen LogP) is 10.0. The van der Waals surface area contributed by atoms with Gasteiger partial charge in [-0.1, -0.05) is 37.1 Å². The van der Waals surface area contributed by atoms with Crippen molar-refractivity contribution in [1.82, 2.24) is 8.61 Å². The number of fused-ring (bicyclic) bond motifs is 2. The number of rotatable bonds is 12. The number of halogens is 8. The number of alkyl halides is 6. The van der Waals surface area contributed by atoms with E-state index in [1.165, 1.54) is 14.1 Å². The van der Waals surface area contributed by atoms with E-state index in [1.807, 2.05) is 0 Å². The molecule has 22 heteroatoms. The number of hydrogen-bond donors (Lipinski definition) is 1. The fraction of sp³-hybridized carbons (Fsp3) is 0.435. The van der Waals surface area contributed by atoms with Gasteiger partial charge in [0.15, 0.2) is 13.2 Å². The molecule has 12 nitrogen and oxygen atoms in total. The first-order valence-electron chi connectivity index (χ1n) is 21.1. The number of ether oxygens (including phenoxy) is 3. The molecule has 2 aliphatic carbocycles. The summed E-state index contributed by atoms with van der Waals surface area (Å²) in [5.41, 5.74) is -0.909. The Morgan fingerprint density at radius 2 is 1.03 bits per heavy atom. The molecular weight excluding hydrogens is 957 g/mol. The van der Waals surface area contributed by atoms with E-state index in [0.29, 0.717) is 109 Å². The Labute approximate surface area is 388 Å². The van der Waals surface area contributed by atoms with Crippen LogP contribution in [0.25, 0.3) is 0 Å². The van der Waals surface area contributed by atoms with Crippen LogP contribution in [0, 0.1) is 11.6 Å². The summed E-state index contributed by atoms with van der Waals surface area (Å²) in [4.78, 5) is 21.4. The number of esters is 1. The molecule has 0 fully saturated rings. The van der Waals surface area contributed by atoms with Crippen LogP contribution < -0.4 is 9.47 Å². The third-order valence-electron chi connectivity index (χ3n) is 11.1. The zero-order chi connectivity index (χ0) is 50.6. The van der Waals surface area contributed by atoms with Crippen molar-refractivity contribution in [3.05, 3.63) is 118 Å². The van der Waals surface area contributed by atoms with Crippen molar-refractivity contribution in [1.29, 1.82) is 0 Å². The standard InChI is InChI=1S/C25H29F4NO5S.C21H21F4NO5S/c1-24(2,3)35-23(31)15-34-22-11-7-9-19-20(22)8-5-6-10-21(19)30(4)36(32,33)18-13-16(25(27,28)29)12-17(26)14-18;1-26(32(29,30)15-10-13(21(23,24)25)9-14(22)11-15)18-7-3-2-5-17-16(18)6-4-8-19(17)31-12-20(27)28/h7,9,11-14,21H,5-6,8,10,15H2,1-4H3;4,6,8-11,18H,2-3,5,7,12H2,1H3,(H,27,28). The van der Waals surface area contributed by atoms with Gasteiger partial charge in [0.25, 0.3) is 0 Å². The van der Waals surface area contributed by atoms with Crippen LogP contribution in [0.4, 0.5) is 35.1 Å². The maximum absolute atomic E-state index is 14.0. The van der Waals surface area contributed by atoms with Gasteiger partial charge in [0.2, 0.25) is 20.0 Å². The highest BCUT2D eigenvalue weighted by Crippen LogP contribution is 2.42. The van der Waals surface area contributed by atoms with Crippen LogP contribution in [0.15, 0.2) is 82.6 Å². The maximum Gasteiger partial charge on any atom is 0.416 e. The van der Waals surface area contributed by atoms with Crippen molar-refractivity contribution in [2.24, 2.45) is 0 Å². The number of sulfonamides is 2. The normalized spacial score (nSPS) is 16.9. The van der Waals surface area contributed by atoms with Crippen molar-refractivity contribution in [2.75, 3.05) is 27.3 Å². The molecule has 0 heterocycles. The molecule has 0 aliphatic heterocycles. The van der Waals surface area contributed by atoms with Gasteiger partial charge in [-0.25, -0.2) is 35.2 Å². The summed E-state index contributed by atoms with van der Waals surface area (Å²) in [6, 6.07) is 10.9. The zero-order valence-electron chi connectivity index (χ0n) is 37.5. The number of benzene rings is 4. The van der Waals surface area contributed by atoms with E-state index in [1.54, 1.807) is 57.2 Å². The molecule has 4 aromatic rings. The molecule has 0 saturated carbocycles. The lowest BCUT2D eigenvalue weighted by Crippen LogP contribution is -2.32. The minimum Gasteiger partial charge on any atom is -0.482 e. The summed E-state index contributed by atoms with van der Waals surface area (Å²) in [5, 5.41) is 8.89. The number of carbonyl (C=O) groups is 2. The zero-order valence-corrected chi connectivity index (χ0v) is 39.1. The van der Waals surface area contributed by atoms with E-state index in [-0.39, 0.29) is 18.7 Å². The second-order valence-corrected chi connectivity index (χ2v) is 21.1. The third kappa shape index (κ3) is 13.3. The molecule has 0 bridgehead atoms. The molecular formula is C46H50F8N2O10S2. The quantitative estimate of drug-likeness (QED) is 0.0823. The Morgan fingerprint density at radius 1 is 0.632 bits per heavy atom. The number of carbonyl (C=O) groups excluding carboxylic acids is 1. The first-order valence-corrected chi connectivity index (χ1v) is 24.0. The van der Waals surface area contributed by atoms with Gasteiger partial charge in [0, 0.05) is 14.1 Å². The largest absolute Gasteiger partial charge is 0.482 e. The highest BCUT2D eigenvalue weighted by Gasteiger charge is 2.38. The third-order valence-corrected chi connectivity index (χ3v) is 14.8. The van der Waals surface area contributed by atoms with E-state index < -0.39 is 101 Å². The van der Waals surface area contributed by atoms with Gasteiger partial charge in [-0.3, -0.25) is 0 Å². The Hall–Kier alpha value is -5.32. The molecule has 372 valence electrons. The summed E-state index contributed by atoms with van der Waals surface area (Å²) in [7, 11) is -6.47. The number of carboxylic acids is 1. The van der Waals surface area contributed by atoms with E-state index >= 15 is 0 Å². The first kappa shape index (κ1) is 53.6. The van der Waals surface area contributed by atoms with Crippen molar-refractivity contribution in [3.8, 4) is 11.5 Å². The average Bonchev–Trinajstić information content (AvgIpc) is 3.60. The Morgan fingerprint density at radius 3 is 1.40 bits per heavy atom. The van der Waals surface area contributed by atoms with E-state index in [2.05, 4.69) is 0 Å².